The van der Waals surface area contributed by atoms with Crippen molar-refractivity contribution in [2.75, 3.05) is 42.9 Å². The summed E-state index contributed by atoms with van der Waals surface area (Å²) in [5.74, 6) is -0.0746. The van der Waals surface area contributed by atoms with Crippen LogP contribution in [0.4, 0.5) is 11.4 Å². The maximum Gasteiger partial charge on any atom is 0.255 e. The first-order chi connectivity index (χ1) is 13.6. The molecule has 0 atom stereocenters. The molecule has 0 unspecified atom stereocenters. The van der Waals surface area contributed by atoms with Gasteiger partial charge in [-0.3, -0.25) is 4.79 Å². The molecule has 0 aliphatic carbocycles. The number of carbonyl (C=O) groups excluding carboxylic acids is 1. The van der Waals surface area contributed by atoms with Crippen LogP contribution in [0.5, 0.6) is 0 Å². The number of fused-ring (bicyclic) bond motifs is 1. The smallest absolute Gasteiger partial charge is 0.255 e. The molecule has 1 saturated heterocycles. The van der Waals surface area contributed by atoms with E-state index >= 15 is 0 Å². The number of aryl methyl sites for hydroxylation is 1. The third kappa shape index (κ3) is 3.87. The fourth-order valence-corrected chi connectivity index (χ4v) is 3.93. The van der Waals surface area contributed by atoms with E-state index in [0.29, 0.717) is 5.56 Å². The first kappa shape index (κ1) is 18.5. The first-order valence-corrected chi connectivity index (χ1v) is 10.0. The predicted molar refractivity (Wildman–Crippen MR) is 117 cm³/mol. The minimum absolute atomic E-state index is 0.0746. The summed E-state index contributed by atoms with van der Waals surface area (Å²) in [6.07, 6.45) is 0. The number of likely N-dealkylation sites (N-methyl/N-ethyl adjacent to an activating group) is 1. The molecule has 28 heavy (non-hydrogen) atoms. The van der Waals surface area contributed by atoms with E-state index in [1.165, 1.54) is 11.3 Å². The molecule has 144 valence electrons. The van der Waals surface area contributed by atoms with Gasteiger partial charge in [0.25, 0.3) is 5.91 Å². The highest BCUT2D eigenvalue weighted by Gasteiger charge is 2.17. The van der Waals surface area contributed by atoms with E-state index in [1.807, 2.05) is 42.5 Å². The van der Waals surface area contributed by atoms with Gasteiger partial charge in [0.05, 0.1) is 0 Å². The van der Waals surface area contributed by atoms with Crippen molar-refractivity contribution in [2.45, 2.75) is 13.8 Å². The van der Waals surface area contributed by atoms with E-state index in [0.717, 1.165) is 49.2 Å². The fourth-order valence-electron chi connectivity index (χ4n) is 3.93. The van der Waals surface area contributed by atoms with Crippen molar-refractivity contribution in [1.29, 1.82) is 0 Å². The molecule has 4 rings (SSSR count). The van der Waals surface area contributed by atoms with E-state index in [1.54, 1.807) is 0 Å². The molecule has 0 radical (unpaired) electrons. The molecular weight excluding hydrogens is 346 g/mol. The number of piperazine rings is 1. The number of amides is 1. The van der Waals surface area contributed by atoms with Crippen molar-refractivity contribution in [3.63, 3.8) is 0 Å². The van der Waals surface area contributed by atoms with Crippen LogP contribution in [0.15, 0.2) is 60.7 Å². The minimum Gasteiger partial charge on any atom is -0.369 e. The molecule has 4 heteroatoms. The maximum absolute atomic E-state index is 12.7. The molecule has 1 heterocycles. The lowest BCUT2D eigenvalue weighted by atomic mass is 10.1. The Morgan fingerprint density at radius 3 is 2.39 bits per heavy atom. The summed E-state index contributed by atoms with van der Waals surface area (Å²) < 4.78 is 0. The molecule has 0 aromatic heterocycles. The molecule has 1 aliphatic rings. The van der Waals surface area contributed by atoms with Crippen LogP contribution >= 0.6 is 0 Å². The number of hydrogen-bond acceptors (Lipinski definition) is 3. The average Bonchev–Trinajstić information content (AvgIpc) is 2.73. The SMILES string of the molecule is CCN1CCN(c2ccc(NC(=O)c3ccc4ccccc4c3)cc2C)CC1. The number of hydrogen-bond donors (Lipinski definition) is 1. The van der Waals surface area contributed by atoms with Crippen LogP contribution < -0.4 is 10.2 Å². The summed E-state index contributed by atoms with van der Waals surface area (Å²) >= 11 is 0. The van der Waals surface area contributed by atoms with Crippen molar-refractivity contribution in [2.24, 2.45) is 0 Å². The van der Waals surface area contributed by atoms with E-state index in [-0.39, 0.29) is 5.91 Å². The van der Waals surface area contributed by atoms with Gasteiger partial charge in [-0.25, -0.2) is 0 Å². The highest BCUT2D eigenvalue weighted by Crippen LogP contribution is 2.25. The number of rotatable bonds is 4. The zero-order valence-electron chi connectivity index (χ0n) is 16.6. The predicted octanol–water partition coefficient (Wildman–Crippen LogP) is 4.54. The highest BCUT2D eigenvalue weighted by molar-refractivity contribution is 6.06. The van der Waals surface area contributed by atoms with Gasteiger partial charge < -0.3 is 15.1 Å². The Bertz CT molecular complexity index is 990. The minimum atomic E-state index is -0.0746. The Hall–Kier alpha value is -2.85. The lowest BCUT2D eigenvalue weighted by Gasteiger charge is -2.36. The standard InChI is InChI=1S/C24H27N3O/c1-3-26-12-14-27(15-13-26)23-11-10-22(16-18(23)2)25-24(28)21-9-8-19-6-4-5-7-20(19)17-21/h4-11,16-17H,3,12-15H2,1-2H3,(H,25,28). The second kappa shape index (κ2) is 8.03. The summed E-state index contributed by atoms with van der Waals surface area (Å²) in [6.45, 7) is 9.77. The largest absolute Gasteiger partial charge is 0.369 e. The fraction of sp³-hybridized carbons (Fsp3) is 0.292. The van der Waals surface area contributed by atoms with Gasteiger partial charge in [0.1, 0.15) is 0 Å². The Labute approximate surface area is 166 Å². The van der Waals surface area contributed by atoms with Crippen molar-refractivity contribution < 1.29 is 4.79 Å². The van der Waals surface area contributed by atoms with Crippen LogP contribution in [0.3, 0.4) is 0 Å². The average molecular weight is 374 g/mol. The highest BCUT2D eigenvalue weighted by atomic mass is 16.1. The molecule has 0 bridgehead atoms. The molecule has 1 aliphatic heterocycles. The Morgan fingerprint density at radius 2 is 1.68 bits per heavy atom. The number of carbonyl (C=O) groups is 1. The summed E-state index contributed by atoms with van der Waals surface area (Å²) in [7, 11) is 0. The summed E-state index contributed by atoms with van der Waals surface area (Å²) in [6, 6.07) is 20.1. The van der Waals surface area contributed by atoms with E-state index < -0.39 is 0 Å². The van der Waals surface area contributed by atoms with Gasteiger partial charge >= 0.3 is 0 Å². The molecule has 4 nitrogen and oxygen atoms in total. The van der Waals surface area contributed by atoms with Gasteiger partial charge in [-0.2, -0.15) is 0 Å². The van der Waals surface area contributed by atoms with Crippen LogP contribution in [0.1, 0.15) is 22.8 Å². The molecular formula is C24H27N3O. The Kier molecular flexibility index (Phi) is 5.31. The summed E-state index contributed by atoms with van der Waals surface area (Å²) in [5.41, 5.74) is 3.98. The number of nitrogens with zero attached hydrogens (tertiary/aromatic N) is 2. The van der Waals surface area contributed by atoms with Crippen LogP contribution in [-0.4, -0.2) is 43.5 Å². The third-order valence-electron chi connectivity index (χ3n) is 5.63. The monoisotopic (exact) mass is 373 g/mol. The topological polar surface area (TPSA) is 35.6 Å². The van der Waals surface area contributed by atoms with Gasteiger partial charge in [0, 0.05) is 43.1 Å². The quantitative estimate of drug-likeness (QED) is 0.729. The van der Waals surface area contributed by atoms with Crippen molar-refractivity contribution >= 4 is 28.1 Å². The van der Waals surface area contributed by atoms with Crippen molar-refractivity contribution in [1.82, 2.24) is 4.90 Å². The molecule has 1 N–H and O–H groups in total. The van der Waals surface area contributed by atoms with Crippen molar-refractivity contribution in [3.8, 4) is 0 Å². The van der Waals surface area contributed by atoms with Crippen LogP contribution in [0.25, 0.3) is 10.8 Å². The van der Waals surface area contributed by atoms with Gasteiger partial charge in [0.2, 0.25) is 0 Å². The summed E-state index contributed by atoms with van der Waals surface area (Å²) in [5, 5.41) is 5.26. The van der Waals surface area contributed by atoms with Gasteiger partial charge in [0.15, 0.2) is 0 Å². The van der Waals surface area contributed by atoms with Crippen molar-refractivity contribution in [3.05, 3.63) is 71.8 Å². The van der Waals surface area contributed by atoms with E-state index in [4.69, 9.17) is 0 Å². The van der Waals surface area contributed by atoms with E-state index in [9.17, 15) is 4.79 Å². The lowest BCUT2D eigenvalue weighted by molar-refractivity contribution is 0.102. The second-order valence-electron chi connectivity index (χ2n) is 7.44. The van der Waals surface area contributed by atoms with Crippen LogP contribution in [0.2, 0.25) is 0 Å². The van der Waals surface area contributed by atoms with E-state index in [2.05, 4.69) is 47.2 Å². The molecule has 1 fully saturated rings. The zero-order valence-corrected chi connectivity index (χ0v) is 16.6. The van der Waals surface area contributed by atoms with Gasteiger partial charge in [-0.1, -0.05) is 37.3 Å². The molecule has 1 amide bonds. The Balaban J connectivity index is 1.47. The zero-order chi connectivity index (χ0) is 19.5. The molecule has 3 aromatic rings. The number of benzene rings is 3. The van der Waals surface area contributed by atoms with Gasteiger partial charge in [-0.05, 0) is 60.1 Å². The van der Waals surface area contributed by atoms with Crippen LogP contribution in [-0.2, 0) is 0 Å². The third-order valence-corrected chi connectivity index (χ3v) is 5.63. The number of nitrogens with one attached hydrogen (secondary N) is 1. The maximum atomic E-state index is 12.7. The normalized spacial score (nSPS) is 15.0. The Morgan fingerprint density at radius 1 is 0.929 bits per heavy atom. The van der Waals surface area contributed by atoms with Gasteiger partial charge in [-0.15, -0.1) is 0 Å². The second-order valence-corrected chi connectivity index (χ2v) is 7.44. The van der Waals surface area contributed by atoms with Crippen LogP contribution in [0, 0.1) is 6.92 Å². The molecule has 3 aromatic carbocycles. The summed E-state index contributed by atoms with van der Waals surface area (Å²) in [4.78, 5) is 17.6. The number of anilines is 2. The molecule has 0 spiro atoms. The molecule has 0 saturated carbocycles. The lowest BCUT2D eigenvalue weighted by Crippen LogP contribution is -2.46. The first-order valence-electron chi connectivity index (χ1n) is 10.0.